The second-order valence-corrected chi connectivity index (χ2v) is 7.67. The van der Waals surface area contributed by atoms with Gasteiger partial charge >= 0.3 is 0 Å². The molecule has 4 aromatic rings. The first-order valence-corrected chi connectivity index (χ1v) is 11.1. The third-order valence-corrected chi connectivity index (χ3v) is 5.30. The Bertz CT molecular complexity index is 1300. The van der Waals surface area contributed by atoms with E-state index < -0.39 is 0 Å². The molecule has 0 aliphatic carbocycles. The summed E-state index contributed by atoms with van der Waals surface area (Å²) >= 11 is 0. The lowest BCUT2D eigenvalue weighted by atomic mass is 10.2. The second kappa shape index (κ2) is 11.1. The van der Waals surface area contributed by atoms with Crippen LogP contribution in [0.2, 0.25) is 0 Å². The zero-order valence-electron chi connectivity index (χ0n) is 18.8. The Labute approximate surface area is 195 Å². The van der Waals surface area contributed by atoms with E-state index >= 15 is 0 Å². The van der Waals surface area contributed by atoms with Gasteiger partial charge in [0.25, 0.3) is 5.56 Å². The van der Waals surface area contributed by atoms with Crippen LogP contribution in [0.5, 0.6) is 5.75 Å². The number of carbonyl (C=O) groups excluding carboxylic acids is 1. The quantitative estimate of drug-likeness (QED) is 0.290. The fraction of sp³-hybridized carbons (Fsp3) is 0.292. The summed E-state index contributed by atoms with van der Waals surface area (Å²) < 4.78 is 10.4. The van der Waals surface area contributed by atoms with Crippen LogP contribution in [-0.4, -0.2) is 46.4 Å². The minimum Gasteiger partial charge on any atom is -0.497 e. The van der Waals surface area contributed by atoms with Crippen molar-refractivity contribution < 1.29 is 14.1 Å². The number of aromatic amines is 1. The SMILES string of the molecule is COc1ccc(-c2noc(CCC(=O)NCCCCNc3n[nH]c(=O)c4ccccc34)n2)cc1. The van der Waals surface area contributed by atoms with E-state index in [1.165, 1.54) is 0 Å². The van der Waals surface area contributed by atoms with Crippen LogP contribution in [0.3, 0.4) is 0 Å². The molecule has 0 aliphatic heterocycles. The molecule has 4 rings (SSSR count). The Balaban J connectivity index is 1.14. The zero-order chi connectivity index (χ0) is 23.8. The molecule has 0 aliphatic rings. The number of rotatable bonds is 11. The summed E-state index contributed by atoms with van der Waals surface area (Å²) in [5.41, 5.74) is 0.611. The van der Waals surface area contributed by atoms with Crippen molar-refractivity contribution in [3.63, 3.8) is 0 Å². The van der Waals surface area contributed by atoms with Crippen molar-refractivity contribution in [2.24, 2.45) is 0 Å². The van der Waals surface area contributed by atoms with Crippen molar-refractivity contribution in [2.75, 3.05) is 25.5 Å². The van der Waals surface area contributed by atoms with Gasteiger partial charge in [-0.25, -0.2) is 5.10 Å². The summed E-state index contributed by atoms with van der Waals surface area (Å²) in [5, 5.41) is 18.1. The maximum atomic E-state index is 12.1. The number of amides is 1. The number of unbranched alkanes of at least 4 members (excludes halogenated alkanes) is 1. The molecule has 10 heteroatoms. The first-order valence-electron chi connectivity index (χ1n) is 11.1. The Morgan fingerprint density at radius 2 is 1.82 bits per heavy atom. The summed E-state index contributed by atoms with van der Waals surface area (Å²) in [7, 11) is 1.61. The van der Waals surface area contributed by atoms with Crippen LogP contribution < -0.4 is 20.9 Å². The molecule has 0 radical (unpaired) electrons. The summed E-state index contributed by atoms with van der Waals surface area (Å²) in [4.78, 5) is 28.3. The van der Waals surface area contributed by atoms with Crippen molar-refractivity contribution >= 4 is 22.5 Å². The highest BCUT2D eigenvalue weighted by Gasteiger charge is 2.11. The van der Waals surface area contributed by atoms with E-state index in [-0.39, 0.29) is 17.9 Å². The average Bonchev–Trinajstić information content (AvgIpc) is 3.35. The molecule has 2 aromatic carbocycles. The van der Waals surface area contributed by atoms with E-state index in [1.54, 1.807) is 13.2 Å². The molecular formula is C24H26N6O4. The van der Waals surface area contributed by atoms with Gasteiger partial charge < -0.3 is 19.9 Å². The fourth-order valence-corrected chi connectivity index (χ4v) is 3.46. The molecule has 0 fully saturated rings. The van der Waals surface area contributed by atoms with Crippen LogP contribution in [0.15, 0.2) is 57.8 Å². The number of hydrogen-bond donors (Lipinski definition) is 3. The van der Waals surface area contributed by atoms with Gasteiger partial charge in [-0.3, -0.25) is 9.59 Å². The number of carbonyl (C=O) groups is 1. The molecule has 0 bridgehead atoms. The summed E-state index contributed by atoms with van der Waals surface area (Å²) in [5.74, 6) is 2.24. The van der Waals surface area contributed by atoms with E-state index in [2.05, 4.69) is 31.0 Å². The maximum absolute atomic E-state index is 12.1. The highest BCUT2D eigenvalue weighted by Crippen LogP contribution is 2.20. The number of fused-ring (bicyclic) bond motifs is 1. The molecule has 10 nitrogen and oxygen atoms in total. The largest absolute Gasteiger partial charge is 0.497 e. The topological polar surface area (TPSA) is 135 Å². The Hall–Kier alpha value is -4.21. The first kappa shape index (κ1) is 23.0. The van der Waals surface area contributed by atoms with Crippen molar-refractivity contribution in [3.05, 3.63) is 64.8 Å². The van der Waals surface area contributed by atoms with Gasteiger partial charge in [0.05, 0.1) is 12.5 Å². The number of nitrogens with zero attached hydrogens (tertiary/aromatic N) is 3. The van der Waals surface area contributed by atoms with Crippen LogP contribution in [0.4, 0.5) is 5.82 Å². The van der Waals surface area contributed by atoms with Crippen molar-refractivity contribution in [1.29, 1.82) is 0 Å². The number of aryl methyl sites for hydroxylation is 1. The maximum Gasteiger partial charge on any atom is 0.272 e. The molecule has 0 unspecified atom stereocenters. The average molecular weight is 463 g/mol. The molecule has 0 saturated carbocycles. The zero-order valence-corrected chi connectivity index (χ0v) is 18.8. The highest BCUT2D eigenvalue weighted by atomic mass is 16.5. The van der Waals surface area contributed by atoms with Gasteiger partial charge in [-0.15, -0.1) is 0 Å². The van der Waals surface area contributed by atoms with Gasteiger partial charge in [-0.05, 0) is 43.2 Å². The molecule has 0 spiro atoms. The van der Waals surface area contributed by atoms with Gasteiger partial charge in [0.2, 0.25) is 17.6 Å². The number of aromatic nitrogens is 4. The molecular weight excluding hydrogens is 436 g/mol. The third-order valence-electron chi connectivity index (χ3n) is 5.30. The van der Waals surface area contributed by atoms with E-state index in [0.29, 0.717) is 42.4 Å². The van der Waals surface area contributed by atoms with Crippen molar-refractivity contribution in [3.8, 4) is 17.1 Å². The Kier molecular flexibility index (Phi) is 7.49. The number of anilines is 1. The molecule has 176 valence electrons. The van der Waals surface area contributed by atoms with Crippen LogP contribution >= 0.6 is 0 Å². The lowest BCUT2D eigenvalue weighted by Crippen LogP contribution is -2.25. The number of nitrogens with one attached hydrogen (secondary N) is 3. The minimum atomic E-state index is -0.207. The predicted molar refractivity (Wildman–Crippen MR) is 128 cm³/mol. The summed E-state index contributed by atoms with van der Waals surface area (Å²) in [6, 6.07) is 14.7. The van der Waals surface area contributed by atoms with Gasteiger partial charge in [-0.1, -0.05) is 23.4 Å². The number of benzene rings is 2. The monoisotopic (exact) mass is 462 g/mol. The normalized spacial score (nSPS) is 10.9. The molecule has 1 amide bonds. The smallest absolute Gasteiger partial charge is 0.272 e. The van der Waals surface area contributed by atoms with E-state index in [0.717, 1.165) is 29.5 Å². The molecule has 0 atom stereocenters. The third kappa shape index (κ3) is 5.77. The lowest BCUT2D eigenvalue weighted by molar-refractivity contribution is -0.121. The van der Waals surface area contributed by atoms with E-state index in [9.17, 15) is 9.59 Å². The minimum absolute atomic E-state index is 0.0644. The highest BCUT2D eigenvalue weighted by molar-refractivity contribution is 5.90. The first-order chi connectivity index (χ1) is 16.6. The summed E-state index contributed by atoms with van der Waals surface area (Å²) in [6.07, 6.45) is 2.30. The second-order valence-electron chi connectivity index (χ2n) is 7.67. The van der Waals surface area contributed by atoms with Gasteiger partial charge in [0, 0.05) is 36.9 Å². The van der Waals surface area contributed by atoms with Crippen LogP contribution in [0.1, 0.15) is 25.2 Å². The summed E-state index contributed by atoms with van der Waals surface area (Å²) in [6.45, 7) is 1.25. The van der Waals surface area contributed by atoms with Crippen LogP contribution in [0.25, 0.3) is 22.2 Å². The number of methoxy groups -OCH3 is 1. The standard InChI is InChI=1S/C24H26N6O4/c1-33-17-10-8-16(9-11-17)22-27-21(34-30-22)13-12-20(31)25-14-4-5-15-26-23-18-6-2-3-7-19(18)24(32)29-28-23/h2-3,6-11H,4-5,12-15H2,1H3,(H,25,31)(H,26,28)(H,29,32). The molecule has 2 heterocycles. The Morgan fingerprint density at radius 3 is 2.62 bits per heavy atom. The molecule has 3 N–H and O–H groups in total. The number of H-pyrrole nitrogens is 1. The number of hydrogen-bond acceptors (Lipinski definition) is 8. The fourth-order valence-electron chi connectivity index (χ4n) is 3.46. The lowest BCUT2D eigenvalue weighted by Gasteiger charge is -2.08. The molecule has 0 saturated heterocycles. The van der Waals surface area contributed by atoms with E-state index in [1.807, 2.05) is 42.5 Å². The van der Waals surface area contributed by atoms with Gasteiger partial charge in [-0.2, -0.15) is 10.1 Å². The van der Waals surface area contributed by atoms with Gasteiger partial charge in [0.15, 0.2) is 5.82 Å². The molecule has 2 aromatic heterocycles. The van der Waals surface area contributed by atoms with Crippen LogP contribution in [0, 0.1) is 0 Å². The Morgan fingerprint density at radius 1 is 1.06 bits per heavy atom. The molecule has 34 heavy (non-hydrogen) atoms. The van der Waals surface area contributed by atoms with E-state index in [4.69, 9.17) is 9.26 Å². The number of ether oxygens (including phenoxy) is 1. The van der Waals surface area contributed by atoms with Crippen LogP contribution in [-0.2, 0) is 11.2 Å². The van der Waals surface area contributed by atoms with Crippen molar-refractivity contribution in [1.82, 2.24) is 25.7 Å². The van der Waals surface area contributed by atoms with Crippen molar-refractivity contribution in [2.45, 2.75) is 25.7 Å². The predicted octanol–water partition coefficient (Wildman–Crippen LogP) is 2.92. The van der Waals surface area contributed by atoms with Gasteiger partial charge in [0.1, 0.15) is 5.75 Å².